The van der Waals surface area contributed by atoms with Crippen LogP contribution in [0.2, 0.25) is 0 Å². The summed E-state index contributed by atoms with van der Waals surface area (Å²) in [4.78, 5) is 0. The first kappa shape index (κ1) is 8.39. The van der Waals surface area contributed by atoms with E-state index in [1.54, 1.807) is 0 Å². The van der Waals surface area contributed by atoms with Gasteiger partial charge >= 0.3 is 18.9 Å². The molecule has 0 aliphatic heterocycles. The predicted molar refractivity (Wildman–Crippen MR) is 41.9 cm³/mol. The Labute approximate surface area is 78.8 Å². The molecule has 0 radical (unpaired) electrons. The molecule has 0 nitrogen and oxygen atoms in total. The van der Waals surface area contributed by atoms with Gasteiger partial charge in [-0.05, 0) is 0 Å². The van der Waals surface area contributed by atoms with Gasteiger partial charge in [-0.2, -0.15) is 30.3 Å². The molecule has 0 unspecified atom stereocenters. The summed E-state index contributed by atoms with van der Waals surface area (Å²) in [6.07, 6.45) is 0. The Bertz CT molecular complexity index is 276. The van der Waals surface area contributed by atoms with E-state index in [1.807, 2.05) is 12.1 Å². The van der Waals surface area contributed by atoms with E-state index in [0.29, 0.717) is 0 Å². The standard InChI is InChI=1S/C10H7.Li/c1-2-5-9-7-4-8-10(9)6-3-1;/h2-8H;/q-1;+1. The van der Waals surface area contributed by atoms with Gasteiger partial charge in [0.15, 0.2) is 0 Å². The summed E-state index contributed by atoms with van der Waals surface area (Å²) in [5, 5.41) is 0. The first-order valence-corrected chi connectivity index (χ1v) is 3.32. The molecule has 0 fully saturated rings. The molecular formula is C10H7Li. The molecule has 0 amide bonds. The van der Waals surface area contributed by atoms with Crippen LogP contribution in [0.25, 0.3) is 11.1 Å². The number of hydrogen-bond acceptors (Lipinski definition) is 0. The molecule has 0 saturated carbocycles. The number of hydrogen-bond donors (Lipinski definition) is 0. The summed E-state index contributed by atoms with van der Waals surface area (Å²) in [6.45, 7) is 0. The zero-order valence-electron chi connectivity index (χ0n) is 6.54. The Balaban J connectivity index is 0.000000605. The zero-order chi connectivity index (χ0) is 6.81. The van der Waals surface area contributed by atoms with Crippen LogP contribution in [-0.4, -0.2) is 0 Å². The molecule has 2 aliphatic rings. The minimum absolute atomic E-state index is 0. The molecule has 48 valence electrons. The maximum atomic E-state index is 3.02. The van der Waals surface area contributed by atoms with Crippen LogP contribution in [0.4, 0.5) is 0 Å². The first-order valence-electron chi connectivity index (χ1n) is 3.32. The average Bonchev–Trinajstić information content (AvgIpc) is 2.28. The molecule has 0 N–H and O–H groups in total. The smallest absolute Gasteiger partial charge is 0.184 e. The maximum absolute atomic E-state index is 3.02. The van der Waals surface area contributed by atoms with Crippen LogP contribution >= 0.6 is 0 Å². The SMILES string of the molecule is [Li+].[c-]1ccc2cccc-2cc1. The fourth-order valence-corrected chi connectivity index (χ4v) is 1.08. The van der Waals surface area contributed by atoms with Crippen LogP contribution in [-0.2, 0) is 0 Å². The largest absolute Gasteiger partial charge is 1.00 e. The van der Waals surface area contributed by atoms with E-state index in [0.717, 1.165) is 0 Å². The van der Waals surface area contributed by atoms with Crippen LogP contribution < -0.4 is 18.9 Å². The Hall–Kier alpha value is -0.703. The fraction of sp³-hybridized carbons (Fsp3) is 0. The quantitative estimate of drug-likeness (QED) is 0.339. The summed E-state index contributed by atoms with van der Waals surface area (Å²) in [5.41, 5.74) is 2.56. The van der Waals surface area contributed by atoms with Crippen molar-refractivity contribution in [2.45, 2.75) is 0 Å². The van der Waals surface area contributed by atoms with Gasteiger partial charge in [-0.15, -0.1) is 0 Å². The molecule has 0 saturated heterocycles. The summed E-state index contributed by atoms with van der Waals surface area (Å²) in [7, 11) is 0. The molecule has 0 bridgehead atoms. The molecule has 0 aromatic heterocycles. The van der Waals surface area contributed by atoms with E-state index >= 15 is 0 Å². The Morgan fingerprint density at radius 2 is 1.36 bits per heavy atom. The van der Waals surface area contributed by atoms with Crippen molar-refractivity contribution in [2.24, 2.45) is 0 Å². The molecule has 0 aromatic rings. The second-order valence-electron chi connectivity index (χ2n) is 2.27. The van der Waals surface area contributed by atoms with Crippen LogP contribution in [0, 0.1) is 6.07 Å². The van der Waals surface area contributed by atoms with Gasteiger partial charge in [0.2, 0.25) is 0 Å². The number of fused-ring (bicyclic) bond motifs is 1. The first-order chi connectivity index (χ1) is 4.97. The van der Waals surface area contributed by atoms with Gasteiger partial charge in [0.25, 0.3) is 0 Å². The molecule has 0 aromatic carbocycles. The van der Waals surface area contributed by atoms with Gasteiger partial charge in [0, 0.05) is 0 Å². The number of rotatable bonds is 0. The van der Waals surface area contributed by atoms with Crippen LogP contribution in [0.1, 0.15) is 0 Å². The van der Waals surface area contributed by atoms with Crippen molar-refractivity contribution in [3.63, 3.8) is 0 Å². The van der Waals surface area contributed by atoms with Crippen molar-refractivity contribution >= 4 is 0 Å². The van der Waals surface area contributed by atoms with Gasteiger partial charge in [-0.1, -0.05) is 29.3 Å². The van der Waals surface area contributed by atoms with Crippen LogP contribution in [0.5, 0.6) is 0 Å². The van der Waals surface area contributed by atoms with Gasteiger partial charge in [-0.25, -0.2) is 0 Å². The van der Waals surface area contributed by atoms with Gasteiger partial charge in [0.05, 0.1) is 0 Å². The van der Waals surface area contributed by atoms with Gasteiger partial charge < -0.3 is 0 Å². The van der Waals surface area contributed by atoms with Crippen molar-refractivity contribution in [3.8, 4) is 11.1 Å². The summed E-state index contributed by atoms with van der Waals surface area (Å²) in [5.74, 6) is 0. The maximum Gasteiger partial charge on any atom is 1.00 e. The van der Waals surface area contributed by atoms with Crippen molar-refractivity contribution < 1.29 is 18.9 Å². The van der Waals surface area contributed by atoms with E-state index in [2.05, 4.69) is 36.4 Å². The van der Waals surface area contributed by atoms with Crippen LogP contribution in [0.15, 0.2) is 42.5 Å². The fourth-order valence-electron chi connectivity index (χ4n) is 1.08. The summed E-state index contributed by atoms with van der Waals surface area (Å²) < 4.78 is 0. The second kappa shape index (κ2) is 3.62. The molecule has 0 spiro atoms. The minimum atomic E-state index is 0. The third-order valence-corrected chi connectivity index (χ3v) is 1.60. The molecular weight excluding hydrogens is 127 g/mol. The molecule has 2 aliphatic carbocycles. The van der Waals surface area contributed by atoms with Crippen LogP contribution in [0.3, 0.4) is 0 Å². The molecule has 11 heavy (non-hydrogen) atoms. The van der Waals surface area contributed by atoms with Crippen molar-refractivity contribution in [1.29, 1.82) is 0 Å². The van der Waals surface area contributed by atoms with Crippen molar-refractivity contribution in [2.75, 3.05) is 0 Å². The van der Waals surface area contributed by atoms with E-state index in [9.17, 15) is 0 Å². The Morgan fingerprint density at radius 1 is 0.818 bits per heavy atom. The van der Waals surface area contributed by atoms with E-state index in [4.69, 9.17) is 0 Å². The third kappa shape index (κ3) is 1.65. The second-order valence-corrected chi connectivity index (χ2v) is 2.27. The zero-order valence-corrected chi connectivity index (χ0v) is 6.54. The molecule has 0 heterocycles. The normalized spacial score (nSPS) is 9.09. The van der Waals surface area contributed by atoms with E-state index in [-0.39, 0.29) is 18.9 Å². The summed E-state index contributed by atoms with van der Waals surface area (Å²) in [6, 6.07) is 17.3. The van der Waals surface area contributed by atoms with Gasteiger partial charge in [-0.3, -0.25) is 0 Å². The molecule has 1 heteroatoms. The van der Waals surface area contributed by atoms with E-state index in [1.165, 1.54) is 11.1 Å². The monoisotopic (exact) mass is 134 g/mol. The Kier molecular flexibility index (Phi) is 2.76. The molecule has 2 rings (SSSR count). The average molecular weight is 134 g/mol. The summed E-state index contributed by atoms with van der Waals surface area (Å²) >= 11 is 0. The minimum Gasteiger partial charge on any atom is -0.184 e. The third-order valence-electron chi connectivity index (χ3n) is 1.60. The Morgan fingerprint density at radius 3 is 1.91 bits per heavy atom. The molecule has 0 atom stereocenters. The predicted octanol–water partition coefficient (Wildman–Crippen LogP) is -0.404. The van der Waals surface area contributed by atoms with Crippen molar-refractivity contribution in [3.05, 3.63) is 48.5 Å². The van der Waals surface area contributed by atoms with Gasteiger partial charge in [0.1, 0.15) is 0 Å². The topological polar surface area (TPSA) is 0 Å². The van der Waals surface area contributed by atoms with Crippen molar-refractivity contribution in [1.82, 2.24) is 0 Å². The van der Waals surface area contributed by atoms with E-state index < -0.39 is 0 Å².